The molecule has 3 heteroatoms. The van der Waals surface area contributed by atoms with Crippen LogP contribution in [0.25, 0.3) is 0 Å². The lowest BCUT2D eigenvalue weighted by Gasteiger charge is -2.28. The van der Waals surface area contributed by atoms with Crippen LogP contribution >= 0.6 is 11.3 Å². The van der Waals surface area contributed by atoms with E-state index in [4.69, 9.17) is 0 Å². The molecule has 90 valence electrons. The smallest absolute Gasteiger partial charge is 0.0299 e. The van der Waals surface area contributed by atoms with Crippen molar-refractivity contribution in [3.05, 3.63) is 22.4 Å². The van der Waals surface area contributed by atoms with E-state index in [1.165, 1.54) is 37.1 Å². The Balaban J connectivity index is 1.60. The molecule has 16 heavy (non-hydrogen) atoms. The molecule has 0 spiro atoms. The third-order valence-electron chi connectivity index (χ3n) is 3.57. The SMILES string of the molecule is CNC1CCC(CNCc2cccs2)CC1. The van der Waals surface area contributed by atoms with Crippen molar-refractivity contribution in [3.63, 3.8) is 0 Å². The Morgan fingerprint density at radius 2 is 2.12 bits per heavy atom. The minimum atomic E-state index is 0.772. The van der Waals surface area contributed by atoms with Crippen LogP contribution < -0.4 is 10.6 Å². The van der Waals surface area contributed by atoms with Gasteiger partial charge in [-0.05, 0) is 56.6 Å². The zero-order valence-corrected chi connectivity index (χ0v) is 10.9. The van der Waals surface area contributed by atoms with Crippen LogP contribution in [0.2, 0.25) is 0 Å². The largest absolute Gasteiger partial charge is 0.317 e. The molecular formula is C13H22N2S. The van der Waals surface area contributed by atoms with Gasteiger partial charge < -0.3 is 10.6 Å². The van der Waals surface area contributed by atoms with Gasteiger partial charge in [0.05, 0.1) is 0 Å². The molecule has 0 amide bonds. The Bertz CT molecular complexity index is 276. The molecule has 1 heterocycles. The van der Waals surface area contributed by atoms with E-state index in [-0.39, 0.29) is 0 Å². The summed E-state index contributed by atoms with van der Waals surface area (Å²) in [6.07, 6.45) is 5.45. The number of hydrogen-bond acceptors (Lipinski definition) is 3. The van der Waals surface area contributed by atoms with E-state index in [1.54, 1.807) is 0 Å². The quantitative estimate of drug-likeness (QED) is 0.824. The maximum atomic E-state index is 3.58. The summed E-state index contributed by atoms with van der Waals surface area (Å²) in [7, 11) is 2.08. The average Bonchev–Trinajstić information content (AvgIpc) is 2.83. The molecule has 0 aromatic carbocycles. The maximum Gasteiger partial charge on any atom is 0.0299 e. The minimum absolute atomic E-state index is 0.772. The van der Waals surface area contributed by atoms with Crippen molar-refractivity contribution >= 4 is 11.3 Å². The van der Waals surface area contributed by atoms with Crippen molar-refractivity contribution in [2.75, 3.05) is 13.6 Å². The van der Waals surface area contributed by atoms with Gasteiger partial charge >= 0.3 is 0 Å². The fourth-order valence-electron chi connectivity index (χ4n) is 2.47. The summed E-state index contributed by atoms with van der Waals surface area (Å²) in [5, 5.41) is 9.11. The highest BCUT2D eigenvalue weighted by Gasteiger charge is 2.19. The summed E-state index contributed by atoms with van der Waals surface area (Å²) in [4.78, 5) is 1.45. The molecule has 1 aliphatic rings. The van der Waals surface area contributed by atoms with Crippen LogP contribution in [0.5, 0.6) is 0 Å². The van der Waals surface area contributed by atoms with Crippen molar-refractivity contribution in [3.8, 4) is 0 Å². The molecule has 1 aromatic heterocycles. The first kappa shape index (κ1) is 12.1. The maximum absolute atomic E-state index is 3.58. The highest BCUT2D eigenvalue weighted by molar-refractivity contribution is 7.09. The topological polar surface area (TPSA) is 24.1 Å². The first-order chi connectivity index (χ1) is 7.88. The lowest BCUT2D eigenvalue weighted by molar-refractivity contribution is 0.292. The van der Waals surface area contributed by atoms with E-state index in [1.807, 2.05) is 11.3 Å². The molecule has 0 atom stereocenters. The minimum Gasteiger partial charge on any atom is -0.317 e. The Kier molecular flexibility index (Phi) is 4.82. The van der Waals surface area contributed by atoms with Crippen molar-refractivity contribution in [2.45, 2.75) is 38.3 Å². The van der Waals surface area contributed by atoms with Gasteiger partial charge in [0, 0.05) is 17.5 Å². The Labute approximate surface area is 102 Å². The fourth-order valence-corrected chi connectivity index (χ4v) is 3.14. The van der Waals surface area contributed by atoms with Crippen molar-refractivity contribution in [1.82, 2.24) is 10.6 Å². The fraction of sp³-hybridized carbons (Fsp3) is 0.692. The van der Waals surface area contributed by atoms with Crippen LogP contribution in [0.1, 0.15) is 30.6 Å². The van der Waals surface area contributed by atoms with Crippen LogP contribution in [-0.2, 0) is 6.54 Å². The summed E-state index contributed by atoms with van der Waals surface area (Å²) >= 11 is 1.84. The average molecular weight is 238 g/mol. The van der Waals surface area contributed by atoms with Crippen LogP contribution in [0.15, 0.2) is 17.5 Å². The second-order valence-corrected chi connectivity index (χ2v) is 5.75. The Hall–Kier alpha value is -0.380. The zero-order valence-electron chi connectivity index (χ0n) is 10.0. The molecule has 0 radical (unpaired) electrons. The summed E-state index contributed by atoms with van der Waals surface area (Å²) in [5.41, 5.74) is 0. The lowest BCUT2D eigenvalue weighted by Crippen LogP contribution is -2.33. The summed E-state index contributed by atoms with van der Waals surface area (Å²) in [5.74, 6) is 0.893. The molecule has 1 saturated carbocycles. The first-order valence-electron chi connectivity index (χ1n) is 6.29. The van der Waals surface area contributed by atoms with Crippen molar-refractivity contribution in [1.29, 1.82) is 0 Å². The van der Waals surface area contributed by atoms with Gasteiger partial charge in [-0.15, -0.1) is 11.3 Å². The number of thiophene rings is 1. The van der Waals surface area contributed by atoms with Gasteiger partial charge in [-0.1, -0.05) is 6.07 Å². The molecule has 1 aliphatic carbocycles. The Morgan fingerprint density at radius 3 is 2.75 bits per heavy atom. The predicted molar refractivity (Wildman–Crippen MR) is 70.8 cm³/mol. The third-order valence-corrected chi connectivity index (χ3v) is 4.44. The van der Waals surface area contributed by atoms with Gasteiger partial charge in [-0.3, -0.25) is 0 Å². The third kappa shape index (κ3) is 3.58. The van der Waals surface area contributed by atoms with E-state index in [9.17, 15) is 0 Å². The summed E-state index contributed by atoms with van der Waals surface area (Å²) in [6, 6.07) is 5.10. The molecule has 2 nitrogen and oxygen atoms in total. The van der Waals surface area contributed by atoms with Gasteiger partial charge in [-0.2, -0.15) is 0 Å². The van der Waals surface area contributed by atoms with Crippen molar-refractivity contribution in [2.24, 2.45) is 5.92 Å². The van der Waals surface area contributed by atoms with Gasteiger partial charge in [0.2, 0.25) is 0 Å². The Morgan fingerprint density at radius 1 is 1.31 bits per heavy atom. The molecule has 0 unspecified atom stereocenters. The van der Waals surface area contributed by atoms with Gasteiger partial charge in [0.1, 0.15) is 0 Å². The molecular weight excluding hydrogens is 216 g/mol. The molecule has 0 saturated heterocycles. The van der Waals surface area contributed by atoms with Gasteiger partial charge in [0.15, 0.2) is 0 Å². The normalized spacial score (nSPS) is 25.8. The molecule has 2 rings (SSSR count). The predicted octanol–water partition coefficient (Wildman–Crippen LogP) is 2.62. The first-order valence-corrected chi connectivity index (χ1v) is 7.17. The number of rotatable bonds is 5. The van der Waals surface area contributed by atoms with Gasteiger partial charge in [-0.25, -0.2) is 0 Å². The summed E-state index contributed by atoms with van der Waals surface area (Å²) < 4.78 is 0. The monoisotopic (exact) mass is 238 g/mol. The van der Waals surface area contributed by atoms with E-state index >= 15 is 0 Å². The molecule has 0 bridgehead atoms. The molecule has 0 aliphatic heterocycles. The van der Waals surface area contributed by atoms with Crippen LogP contribution in [0.4, 0.5) is 0 Å². The number of nitrogens with one attached hydrogen (secondary N) is 2. The highest BCUT2D eigenvalue weighted by atomic mass is 32.1. The molecule has 1 aromatic rings. The standard InChI is InChI=1S/C13H22N2S/c1-14-12-6-4-11(5-7-12)9-15-10-13-3-2-8-16-13/h2-3,8,11-12,14-15H,4-7,9-10H2,1H3. The van der Waals surface area contributed by atoms with E-state index in [2.05, 4.69) is 35.2 Å². The molecule has 1 fully saturated rings. The second kappa shape index (κ2) is 6.38. The van der Waals surface area contributed by atoms with Gasteiger partial charge in [0.25, 0.3) is 0 Å². The summed E-state index contributed by atoms with van der Waals surface area (Å²) in [6.45, 7) is 2.23. The zero-order chi connectivity index (χ0) is 11.2. The van der Waals surface area contributed by atoms with Crippen LogP contribution in [-0.4, -0.2) is 19.6 Å². The highest BCUT2D eigenvalue weighted by Crippen LogP contribution is 2.23. The van der Waals surface area contributed by atoms with E-state index in [0.29, 0.717) is 0 Å². The van der Waals surface area contributed by atoms with E-state index in [0.717, 1.165) is 18.5 Å². The van der Waals surface area contributed by atoms with E-state index < -0.39 is 0 Å². The number of hydrogen-bond donors (Lipinski definition) is 2. The molecule has 2 N–H and O–H groups in total. The van der Waals surface area contributed by atoms with Crippen molar-refractivity contribution < 1.29 is 0 Å². The second-order valence-electron chi connectivity index (χ2n) is 4.72. The lowest BCUT2D eigenvalue weighted by atomic mass is 9.86. The van der Waals surface area contributed by atoms with Crippen LogP contribution in [0.3, 0.4) is 0 Å². The van der Waals surface area contributed by atoms with Crippen LogP contribution in [0, 0.1) is 5.92 Å².